The Morgan fingerprint density at radius 3 is 2.68 bits per heavy atom. The summed E-state index contributed by atoms with van der Waals surface area (Å²) in [5.74, 6) is -1.56. The number of hydrogen-bond acceptors (Lipinski definition) is 2. The van der Waals surface area contributed by atoms with Crippen molar-refractivity contribution in [3.8, 4) is 0 Å². The Kier molecular flexibility index (Phi) is 5.45. The van der Waals surface area contributed by atoms with Crippen LogP contribution < -0.4 is 5.32 Å². The molecule has 0 aromatic heterocycles. The molecule has 2 unspecified atom stereocenters. The van der Waals surface area contributed by atoms with Gasteiger partial charge in [0.2, 0.25) is 5.91 Å². The van der Waals surface area contributed by atoms with Crippen LogP contribution in [0.4, 0.5) is 13.2 Å². The second-order valence-electron chi connectivity index (χ2n) is 5.76. The van der Waals surface area contributed by atoms with E-state index in [1.54, 1.807) is 11.8 Å². The molecule has 1 fully saturated rings. The molecule has 1 amide bonds. The highest BCUT2D eigenvalue weighted by atomic mass is 19.4. The van der Waals surface area contributed by atoms with E-state index in [-0.39, 0.29) is 18.9 Å². The average Bonchev–Trinajstić information content (AvgIpc) is 2.52. The van der Waals surface area contributed by atoms with Gasteiger partial charge in [-0.15, -0.1) is 0 Å². The number of rotatable bonds is 4. The number of amides is 1. The number of alkyl halides is 3. The third kappa shape index (κ3) is 4.47. The molecule has 0 aliphatic carbocycles. The van der Waals surface area contributed by atoms with Crippen LogP contribution in [0.5, 0.6) is 0 Å². The Hall–Kier alpha value is -1.56. The van der Waals surface area contributed by atoms with E-state index in [4.69, 9.17) is 0 Å². The summed E-state index contributed by atoms with van der Waals surface area (Å²) in [5, 5.41) is 2.79. The molecule has 0 bridgehead atoms. The predicted molar refractivity (Wildman–Crippen MR) is 78.1 cm³/mol. The van der Waals surface area contributed by atoms with Crippen molar-refractivity contribution in [3.63, 3.8) is 0 Å². The lowest BCUT2D eigenvalue weighted by Crippen LogP contribution is -2.51. The van der Waals surface area contributed by atoms with Gasteiger partial charge in [0.25, 0.3) is 0 Å². The van der Waals surface area contributed by atoms with Gasteiger partial charge < -0.3 is 5.32 Å². The highest BCUT2D eigenvalue weighted by molar-refractivity contribution is 5.81. The first-order valence-electron chi connectivity index (χ1n) is 7.50. The molecular weight excluding hydrogens is 293 g/mol. The van der Waals surface area contributed by atoms with E-state index < -0.39 is 18.1 Å². The SMILES string of the molecule is CC(C(=O)NCc1ccccc1)N1CCCC(C(F)(F)F)C1. The van der Waals surface area contributed by atoms with Gasteiger partial charge >= 0.3 is 6.18 Å². The molecule has 0 spiro atoms. The normalized spacial score (nSPS) is 21.4. The van der Waals surface area contributed by atoms with Crippen molar-refractivity contribution in [2.24, 2.45) is 5.92 Å². The zero-order valence-electron chi connectivity index (χ0n) is 12.6. The number of halogens is 3. The fourth-order valence-corrected chi connectivity index (χ4v) is 2.72. The van der Waals surface area contributed by atoms with E-state index in [0.29, 0.717) is 19.5 Å². The maximum absolute atomic E-state index is 12.8. The van der Waals surface area contributed by atoms with Gasteiger partial charge in [-0.25, -0.2) is 0 Å². The minimum atomic E-state index is -4.18. The lowest BCUT2D eigenvalue weighted by molar-refractivity contribution is -0.188. The number of benzene rings is 1. The first-order valence-corrected chi connectivity index (χ1v) is 7.50. The maximum atomic E-state index is 12.8. The molecule has 1 aliphatic heterocycles. The summed E-state index contributed by atoms with van der Waals surface area (Å²) >= 11 is 0. The van der Waals surface area contributed by atoms with Gasteiger partial charge in [-0.3, -0.25) is 9.69 Å². The average molecular weight is 314 g/mol. The molecule has 1 aromatic rings. The van der Waals surface area contributed by atoms with Crippen LogP contribution in [0.25, 0.3) is 0 Å². The standard InChI is InChI=1S/C16H21F3N2O/c1-12(15(22)20-10-13-6-3-2-4-7-13)21-9-5-8-14(11-21)16(17,18)19/h2-4,6-7,12,14H,5,8-11H2,1H3,(H,20,22). The number of hydrogen-bond donors (Lipinski definition) is 1. The fraction of sp³-hybridized carbons (Fsp3) is 0.562. The van der Waals surface area contributed by atoms with Crippen LogP contribution in [-0.2, 0) is 11.3 Å². The molecule has 1 aliphatic rings. The van der Waals surface area contributed by atoms with E-state index in [1.807, 2.05) is 30.3 Å². The van der Waals surface area contributed by atoms with Crippen LogP contribution in [-0.4, -0.2) is 36.1 Å². The Balaban J connectivity index is 1.87. The Labute approximate surface area is 128 Å². The van der Waals surface area contributed by atoms with Crippen molar-refractivity contribution in [1.82, 2.24) is 10.2 Å². The lowest BCUT2D eigenvalue weighted by Gasteiger charge is -2.36. The summed E-state index contributed by atoms with van der Waals surface area (Å²) in [7, 11) is 0. The fourth-order valence-electron chi connectivity index (χ4n) is 2.72. The summed E-state index contributed by atoms with van der Waals surface area (Å²) in [5.41, 5.74) is 0.967. The van der Waals surface area contributed by atoms with Crippen LogP contribution in [0.3, 0.4) is 0 Å². The highest BCUT2D eigenvalue weighted by Gasteiger charge is 2.43. The number of carbonyl (C=O) groups is 1. The van der Waals surface area contributed by atoms with Crippen molar-refractivity contribution in [2.45, 2.75) is 38.5 Å². The predicted octanol–water partition coefficient (Wildman–Crippen LogP) is 2.97. The molecule has 0 saturated carbocycles. The first kappa shape index (κ1) is 16.8. The number of carbonyl (C=O) groups excluding carboxylic acids is 1. The molecular formula is C16H21F3N2O. The number of piperidine rings is 1. The highest BCUT2D eigenvalue weighted by Crippen LogP contribution is 2.33. The second kappa shape index (κ2) is 7.13. The van der Waals surface area contributed by atoms with E-state index in [2.05, 4.69) is 5.32 Å². The van der Waals surface area contributed by atoms with Crippen LogP contribution in [0.1, 0.15) is 25.3 Å². The first-order chi connectivity index (χ1) is 10.4. The van der Waals surface area contributed by atoms with E-state index in [9.17, 15) is 18.0 Å². The lowest BCUT2D eigenvalue weighted by atomic mass is 9.96. The van der Waals surface area contributed by atoms with Crippen LogP contribution in [0.2, 0.25) is 0 Å². The molecule has 2 atom stereocenters. The molecule has 6 heteroatoms. The topological polar surface area (TPSA) is 32.3 Å². The largest absolute Gasteiger partial charge is 0.393 e. The van der Waals surface area contributed by atoms with Gasteiger partial charge in [0.05, 0.1) is 12.0 Å². The molecule has 1 aromatic carbocycles. The summed E-state index contributed by atoms with van der Waals surface area (Å²) in [6, 6.07) is 8.89. The van der Waals surface area contributed by atoms with Gasteiger partial charge in [0.1, 0.15) is 0 Å². The number of nitrogens with one attached hydrogen (secondary N) is 1. The van der Waals surface area contributed by atoms with Crippen LogP contribution >= 0.6 is 0 Å². The van der Waals surface area contributed by atoms with Crippen molar-refractivity contribution in [3.05, 3.63) is 35.9 Å². The minimum Gasteiger partial charge on any atom is -0.351 e. The van der Waals surface area contributed by atoms with Gasteiger partial charge in [0, 0.05) is 13.1 Å². The molecule has 1 N–H and O–H groups in total. The van der Waals surface area contributed by atoms with Crippen LogP contribution in [0, 0.1) is 5.92 Å². The quantitative estimate of drug-likeness (QED) is 0.927. The second-order valence-corrected chi connectivity index (χ2v) is 5.76. The summed E-state index contributed by atoms with van der Waals surface area (Å²) in [6.07, 6.45) is -3.56. The van der Waals surface area contributed by atoms with Crippen molar-refractivity contribution >= 4 is 5.91 Å². The number of likely N-dealkylation sites (tertiary alicyclic amines) is 1. The minimum absolute atomic E-state index is 0.0938. The third-order valence-electron chi connectivity index (χ3n) is 4.15. The molecule has 0 radical (unpaired) electrons. The van der Waals surface area contributed by atoms with Crippen molar-refractivity contribution < 1.29 is 18.0 Å². The molecule has 1 saturated heterocycles. The molecule has 2 rings (SSSR count). The monoisotopic (exact) mass is 314 g/mol. The number of nitrogens with zero attached hydrogens (tertiary/aromatic N) is 1. The van der Waals surface area contributed by atoms with E-state index >= 15 is 0 Å². The van der Waals surface area contributed by atoms with Crippen molar-refractivity contribution in [1.29, 1.82) is 0 Å². The summed E-state index contributed by atoms with van der Waals surface area (Å²) in [6.45, 7) is 2.50. The Morgan fingerprint density at radius 2 is 2.05 bits per heavy atom. The Bertz CT molecular complexity index is 490. The van der Waals surface area contributed by atoms with Crippen LogP contribution in [0.15, 0.2) is 30.3 Å². The third-order valence-corrected chi connectivity index (χ3v) is 4.15. The smallest absolute Gasteiger partial charge is 0.351 e. The Morgan fingerprint density at radius 1 is 1.36 bits per heavy atom. The zero-order chi connectivity index (χ0) is 16.2. The van der Waals surface area contributed by atoms with Gasteiger partial charge in [0.15, 0.2) is 0 Å². The van der Waals surface area contributed by atoms with Gasteiger partial charge in [-0.2, -0.15) is 13.2 Å². The molecule has 22 heavy (non-hydrogen) atoms. The molecule has 3 nitrogen and oxygen atoms in total. The summed E-state index contributed by atoms with van der Waals surface area (Å²) < 4.78 is 38.5. The maximum Gasteiger partial charge on any atom is 0.393 e. The molecule has 122 valence electrons. The van der Waals surface area contributed by atoms with E-state index in [1.165, 1.54) is 0 Å². The summed E-state index contributed by atoms with van der Waals surface area (Å²) in [4.78, 5) is 13.8. The molecule has 1 heterocycles. The zero-order valence-corrected chi connectivity index (χ0v) is 12.6. The van der Waals surface area contributed by atoms with Gasteiger partial charge in [-0.1, -0.05) is 30.3 Å². The van der Waals surface area contributed by atoms with E-state index in [0.717, 1.165) is 5.56 Å². The van der Waals surface area contributed by atoms with Gasteiger partial charge in [-0.05, 0) is 31.9 Å². The van der Waals surface area contributed by atoms with Crippen molar-refractivity contribution in [2.75, 3.05) is 13.1 Å².